The van der Waals surface area contributed by atoms with Crippen LogP contribution in [0.25, 0.3) is 0 Å². The van der Waals surface area contributed by atoms with Crippen LogP contribution in [0.3, 0.4) is 0 Å². The summed E-state index contributed by atoms with van der Waals surface area (Å²) in [4.78, 5) is 12.3. The molecule has 0 spiro atoms. The first-order chi connectivity index (χ1) is 8.28. The fraction of sp³-hybridized carbons (Fsp3) is 0.933. The van der Waals surface area contributed by atoms with Gasteiger partial charge in [-0.25, -0.2) is 0 Å². The molecule has 0 aromatic carbocycles. The van der Waals surface area contributed by atoms with Gasteiger partial charge in [0.2, 0.25) is 5.91 Å². The maximum atomic E-state index is 12.3. The molecule has 106 valence electrons. The van der Waals surface area contributed by atoms with Gasteiger partial charge >= 0.3 is 0 Å². The first kappa shape index (κ1) is 15.5. The van der Waals surface area contributed by atoms with Crippen molar-refractivity contribution in [1.29, 1.82) is 0 Å². The zero-order chi connectivity index (χ0) is 13.8. The van der Waals surface area contributed by atoms with Crippen molar-refractivity contribution in [3.63, 3.8) is 0 Å². The molecule has 0 radical (unpaired) electrons. The Kier molecular flexibility index (Phi) is 5.20. The lowest BCUT2D eigenvalue weighted by molar-refractivity contribution is -0.130. The van der Waals surface area contributed by atoms with Crippen LogP contribution < -0.4 is 5.32 Å². The Morgan fingerprint density at radius 2 is 2.06 bits per heavy atom. The largest absolute Gasteiger partial charge is 0.396 e. The fourth-order valence-corrected chi connectivity index (χ4v) is 2.82. The lowest BCUT2D eigenvalue weighted by Gasteiger charge is -2.38. The van der Waals surface area contributed by atoms with Crippen LogP contribution in [-0.4, -0.2) is 24.2 Å². The highest BCUT2D eigenvalue weighted by atomic mass is 16.3. The number of aliphatic hydroxyl groups is 1. The Hall–Kier alpha value is -0.570. The highest BCUT2D eigenvalue weighted by molar-refractivity contribution is 5.79. The highest BCUT2D eigenvalue weighted by Crippen LogP contribution is 2.40. The lowest BCUT2D eigenvalue weighted by Crippen LogP contribution is -2.44. The summed E-state index contributed by atoms with van der Waals surface area (Å²) in [6.45, 7) is 9.40. The first-order valence-corrected chi connectivity index (χ1v) is 7.17. The van der Waals surface area contributed by atoms with Crippen molar-refractivity contribution >= 4 is 5.91 Å². The van der Waals surface area contributed by atoms with Gasteiger partial charge in [0, 0.05) is 19.1 Å². The van der Waals surface area contributed by atoms with Gasteiger partial charge in [-0.2, -0.15) is 0 Å². The Morgan fingerprint density at radius 3 is 2.61 bits per heavy atom. The molecule has 1 aliphatic carbocycles. The van der Waals surface area contributed by atoms with Gasteiger partial charge in [-0.15, -0.1) is 0 Å². The quantitative estimate of drug-likeness (QED) is 0.793. The third-order valence-corrected chi connectivity index (χ3v) is 4.35. The zero-order valence-corrected chi connectivity index (χ0v) is 12.4. The number of carbonyl (C=O) groups excluding carboxylic acids is 1. The van der Waals surface area contributed by atoms with Gasteiger partial charge in [0.05, 0.1) is 0 Å². The van der Waals surface area contributed by atoms with Crippen LogP contribution in [0.4, 0.5) is 0 Å². The molecule has 1 saturated carbocycles. The van der Waals surface area contributed by atoms with E-state index in [0.29, 0.717) is 6.54 Å². The van der Waals surface area contributed by atoms with Crippen molar-refractivity contribution in [3.05, 3.63) is 0 Å². The zero-order valence-electron chi connectivity index (χ0n) is 12.4. The number of rotatable bonds is 5. The van der Waals surface area contributed by atoms with Crippen molar-refractivity contribution in [2.24, 2.45) is 16.7 Å². The van der Waals surface area contributed by atoms with Crippen LogP contribution in [0.5, 0.6) is 0 Å². The molecule has 1 atom stereocenters. The lowest BCUT2D eigenvalue weighted by atomic mass is 9.68. The maximum Gasteiger partial charge on any atom is 0.223 e. The molecule has 0 aromatic heterocycles. The van der Waals surface area contributed by atoms with E-state index in [1.807, 2.05) is 0 Å². The molecule has 3 nitrogen and oxygen atoms in total. The van der Waals surface area contributed by atoms with Crippen molar-refractivity contribution < 1.29 is 9.90 Å². The summed E-state index contributed by atoms with van der Waals surface area (Å²) in [6, 6.07) is 0. The van der Waals surface area contributed by atoms with E-state index in [0.717, 1.165) is 19.3 Å². The van der Waals surface area contributed by atoms with Crippen LogP contribution in [0, 0.1) is 16.7 Å². The normalized spacial score (nSPS) is 23.7. The molecule has 0 heterocycles. The monoisotopic (exact) mass is 255 g/mol. The predicted molar refractivity (Wildman–Crippen MR) is 74.2 cm³/mol. The molecule has 1 unspecified atom stereocenters. The van der Waals surface area contributed by atoms with E-state index in [-0.39, 0.29) is 29.3 Å². The van der Waals surface area contributed by atoms with Crippen LogP contribution in [0.2, 0.25) is 0 Å². The fourth-order valence-electron chi connectivity index (χ4n) is 2.82. The predicted octanol–water partition coefficient (Wildman–Crippen LogP) is 2.73. The Balaban J connectivity index is 2.50. The van der Waals surface area contributed by atoms with E-state index in [4.69, 9.17) is 5.11 Å². The second-order valence-electron chi connectivity index (χ2n) is 7.14. The smallest absolute Gasteiger partial charge is 0.223 e. The second-order valence-corrected chi connectivity index (χ2v) is 7.14. The van der Waals surface area contributed by atoms with Gasteiger partial charge in [-0.3, -0.25) is 4.79 Å². The minimum absolute atomic E-state index is 0.0246. The van der Waals surface area contributed by atoms with Crippen LogP contribution >= 0.6 is 0 Å². The number of aliphatic hydroxyl groups excluding tert-OH is 1. The number of amides is 1. The number of hydrogen-bond acceptors (Lipinski definition) is 2. The topological polar surface area (TPSA) is 49.3 Å². The number of carbonyl (C=O) groups is 1. The van der Waals surface area contributed by atoms with E-state index >= 15 is 0 Å². The van der Waals surface area contributed by atoms with Crippen LogP contribution in [0.1, 0.15) is 59.8 Å². The third kappa shape index (κ3) is 4.27. The van der Waals surface area contributed by atoms with Crippen molar-refractivity contribution in [1.82, 2.24) is 5.32 Å². The van der Waals surface area contributed by atoms with Crippen LogP contribution in [0.15, 0.2) is 0 Å². The molecule has 1 fully saturated rings. The van der Waals surface area contributed by atoms with Crippen molar-refractivity contribution in [2.75, 3.05) is 13.2 Å². The minimum atomic E-state index is -0.0246. The summed E-state index contributed by atoms with van der Waals surface area (Å²) >= 11 is 0. The van der Waals surface area contributed by atoms with Gasteiger partial charge in [-0.05, 0) is 30.1 Å². The van der Waals surface area contributed by atoms with E-state index in [9.17, 15) is 4.79 Å². The van der Waals surface area contributed by atoms with Gasteiger partial charge < -0.3 is 10.4 Å². The molecule has 0 saturated heterocycles. The van der Waals surface area contributed by atoms with Crippen LogP contribution in [-0.2, 0) is 4.79 Å². The highest BCUT2D eigenvalue weighted by Gasteiger charge is 2.37. The molecular weight excluding hydrogens is 226 g/mol. The molecule has 0 aliphatic heterocycles. The molecular formula is C15H29NO2. The van der Waals surface area contributed by atoms with E-state index < -0.39 is 0 Å². The molecule has 1 aliphatic rings. The van der Waals surface area contributed by atoms with E-state index in [1.54, 1.807) is 0 Å². The van der Waals surface area contributed by atoms with Crippen molar-refractivity contribution in [2.45, 2.75) is 59.8 Å². The van der Waals surface area contributed by atoms with Gasteiger partial charge in [0.1, 0.15) is 0 Å². The van der Waals surface area contributed by atoms with Gasteiger partial charge in [-0.1, -0.05) is 40.5 Å². The van der Waals surface area contributed by atoms with E-state index in [1.165, 1.54) is 12.8 Å². The summed E-state index contributed by atoms with van der Waals surface area (Å²) in [5.41, 5.74) is 0.104. The summed E-state index contributed by atoms with van der Waals surface area (Å²) in [7, 11) is 0. The molecule has 0 aromatic rings. The Morgan fingerprint density at radius 1 is 1.39 bits per heavy atom. The summed E-state index contributed by atoms with van der Waals surface area (Å²) in [6.07, 6.45) is 5.29. The Labute approximate surface area is 111 Å². The summed E-state index contributed by atoms with van der Waals surface area (Å²) in [5, 5.41) is 12.1. The molecule has 2 N–H and O–H groups in total. The average Bonchev–Trinajstić information content (AvgIpc) is 2.25. The third-order valence-electron chi connectivity index (χ3n) is 4.35. The first-order valence-electron chi connectivity index (χ1n) is 7.17. The molecule has 0 bridgehead atoms. The van der Waals surface area contributed by atoms with Gasteiger partial charge in [0.25, 0.3) is 0 Å². The van der Waals surface area contributed by atoms with E-state index in [2.05, 4.69) is 33.0 Å². The second kappa shape index (κ2) is 6.05. The summed E-state index contributed by atoms with van der Waals surface area (Å²) in [5.74, 6) is 0.349. The SMILES string of the molecule is CC(C)(CCO)CNC(=O)C1CCCCC1(C)C. The summed E-state index contributed by atoms with van der Waals surface area (Å²) < 4.78 is 0. The standard InChI is InChI=1S/C15H29NO2/c1-14(2,9-10-17)11-16-13(18)12-7-5-6-8-15(12,3)4/h12,17H,5-11H2,1-4H3,(H,16,18). The minimum Gasteiger partial charge on any atom is -0.396 e. The number of nitrogens with one attached hydrogen (secondary N) is 1. The molecule has 3 heteroatoms. The molecule has 18 heavy (non-hydrogen) atoms. The Bertz CT molecular complexity index is 284. The van der Waals surface area contributed by atoms with Crippen molar-refractivity contribution in [3.8, 4) is 0 Å². The average molecular weight is 255 g/mol. The number of hydrogen-bond donors (Lipinski definition) is 2. The molecule has 1 amide bonds. The maximum absolute atomic E-state index is 12.3. The molecule has 1 rings (SSSR count). The van der Waals surface area contributed by atoms with Gasteiger partial charge in [0.15, 0.2) is 0 Å².